The van der Waals surface area contributed by atoms with Gasteiger partial charge in [-0.25, -0.2) is 0 Å². The minimum Gasteiger partial charge on any atom is -0.491 e. The highest BCUT2D eigenvalue weighted by Crippen LogP contribution is 2.23. The van der Waals surface area contributed by atoms with E-state index in [-0.39, 0.29) is 0 Å². The van der Waals surface area contributed by atoms with E-state index in [4.69, 9.17) is 20.9 Å². The predicted molar refractivity (Wildman–Crippen MR) is 77.2 cm³/mol. The molecule has 0 bridgehead atoms. The Labute approximate surface area is 123 Å². The summed E-state index contributed by atoms with van der Waals surface area (Å²) in [5, 5.41) is 7.67. The average molecular weight is 296 g/mol. The van der Waals surface area contributed by atoms with Crippen LogP contribution in [0.2, 0.25) is 5.02 Å². The number of hydrogen-bond acceptors (Lipinski definition) is 5. The van der Waals surface area contributed by atoms with Crippen molar-refractivity contribution in [2.45, 2.75) is 25.8 Å². The minimum absolute atomic E-state index is 0.319. The van der Waals surface area contributed by atoms with E-state index in [2.05, 4.69) is 22.4 Å². The van der Waals surface area contributed by atoms with Crippen molar-refractivity contribution in [3.63, 3.8) is 0 Å². The van der Waals surface area contributed by atoms with Crippen LogP contribution in [0.3, 0.4) is 0 Å². The summed E-state index contributed by atoms with van der Waals surface area (Å²) in [6.07, 6.45) is 1.30. The molecule has 1 heterocycles. The first-order valence-electron chi connectivity index (χ1n) is 6.55. The molecule has 1 aromatic carbocycles. The minimum atomic E-state index is 0.319. The molecule has 1 atom stereocenters. The highest BCUT2D eigenvalue weighted by Gasteiger charge is 2.09. The maximum atomic E-state index is 6.00. The molecule has 6 heteroatoms. The van der Waals surface area contributed by atoms with E-state index in [0.29, 0.717) is 41.6 Å². The molecule has 0 fully saturated rings. The van der Waals surface area contributed by atoms with Gasteiger partial charge in [-0.1, -0.05) is 28.9 Å². The second-order valence-electron chi connectivity index (χ2n) is 4.53. The Morgan fingerprint density at radius 1 is 1.40 bits per heavy atom. The van der Waals surface area contributed by atoms with Crippen LogP contribution in [0.15, 0.2) is 28.8 Å². The number of hydrogen-bond donors (Lipinski definition) is 1. The van der Waals surface area contributed by atoms with E-state index in [1.54, 1.807) is 6.07 Å². The zero-order chi connectivity index (χ0) is 14.4. The van der Waals surface area contributed by atoms with Crippen LogP contribution in [0, 0.1) is 0 Å². The molecule has 0 aliphatic carbocycles. The second kappa shape index (κ2) is 7.26. The number of halogens is 1. The van der Waals surface area contributed by atoms with Crippen molar-refractivity contribution in [1.29, 1.82) is 0 Å². The molecule has 108 valence electrons. The third-order valence-corrected chi connectivity index (χ3v) is 3.21. The largest absolute Gasteiger partial charge is 0.491 e. The van der Waals surface area contributed by atoms with Gasteiger partial charge >= 0.3 is 0 Å². The van der Waals surface area contributed by atoms with Crippen molar-refractivity contribution < 1.29 is 9.26 Å². The molecule has 1 unspecified atom stereocenters. The SMILES string of the molecule is CNC(C)Cc1noc(CCOc2ccccc2Cl)n1. The van der Waals surface area contributed by atoms with Gasteiger partial charge in [-0.15, -0.1) is 0 Å². The number of rotatable bonds is 7. The summed E-state index contributed by atoms with van der Waals surface area (Å²) in [4.78, 5) is 4.32. The van der Waals surface area contributed by atoms with Crippen LogP contribution in [0.25, 0.3) is 0 Å². The molecule has 1 N–H and O–H groups in total. The molecule has 20 heavy (non-hydrogen) atoms. The van der Waals surface area contributed by atoms with E-state index in [1.807, 2.05) is 25.2 Å². The van der Waals surface area contributed by atoms with Gasteiger partial charge in [0.2, 0.25) is 5.89 Å². The van der Waals surface area contributed by atoms with Gasteiger partial charge in [0.15, 0.2) is 5.82 Å². The van der Waals surface area contributed by atoms with Gasteiger partial charge in [0.1, 0.15) is 5.75 Å². The van der Waals surface area contributed by atoms with Crippen LogP contribution < -0.4 is 10.1 Å². The fourth-order valence-electron chi connectivity index (χ4n) is 1.66. The third-order valence-electron chi connectivity index (χ3n) is 2.90. The second-order valence-corrected chi connectivity index (χ2v) is 4.93. The molecule has 5 nitrogen and oxygen atoms in total. The van der Waals surface area contributed by atoms with Crippen molar-refractivity contribution in [2.75, 3.05) is 13.7 Å². The number of para-hydroxylation sites is 1. The zero-order valence-corrected chi connectivity index (χ0v) is 12.4. The van der Waals surface area contributed by atoms with Crippen LogP contribution in [0.4, 0.5) is 0 Å². The molecule has 0 aliphatic rings. The maximum absolute atomic E-state index is 6.00. The van der Waals surface area contributed by atoms with E-state index >= 15 is 0 Å². The molecule has 0 saturated heterocycles. The van der Waals surface area contributed by atoms with Crippen LogP contribution in [-0.2, 0) is 12.8 Å². The smallest absolute Gasteiger partial charge is 0.230 e. The Bertz CT molecular complexity index is 545. The first-order valence-corrected chi connectivity index (χ1v) is 6.93. The molecule has 2 rings (SSSR count). The number of aromatic nitrogens is 2. The molecule has 0 aliphatic heterocycles. The topological polar surface area (TPSA) is 60.2 Å². The highest BCUT2D eigenvalue weighted by atomic mass is 35.5. The molecule has 1 aromatic heterocycles. The first-order chi connectivity index (χ1) is 9.69. The maximum Gasteiger partial charge on any atom is 0.230 e. The lowest BCUT2D eigenvalue weighted by molar-refractivity contribution is 0.292. The Hall–Kier alpha value is -1.59. The fraction of sp³-hybridized carbons (Fsp3) is 0.429. The molecule has 0 radical (unpaired) electrons. The highest BCUT2D eigenvalue weighted by molar-refractivity contribution is 6.32. The van der Waals surface area contributed by atoms with Crippen molar-refractivity contribution in [3.05, 3.63) is 41.0 Å². The summed E-state index contributed by atoms with van der Waals surface area (Å²) in [6.45, 7) is 2.52. The summed E-state index contributed by atoms with van der Waals surface area (Å²) in [6, 6.07) is 7.68. The lowest BCUT2D eigenvalue weighted by Gasteiger charge is -2.05. The summed E-state index contributed by atoms with van der Waals surface area (Å²) in [5.74, 6) is 1.95. The van der Waals surface area contributed by atoms with E-state index in [9.17, 15) is 0 Å². The summed E-state index contributed by atoms with van der Waals surface area (Å²) >= 11 is 6.00. The Morgan fingerprint density at radius 3 is 2.95 bits per heavy atom. The van der Waals surface area contributed by atoms with E-state index in [0.717, 1.165) is 6.42 Å². The third kappa shape index (κ3) is 4.21. The number of benzene rings is 1. The predicted octanol–water partition coefficient (Wildman–Crippen LogP) is 2.49. The molecule has 0 amide bonds. The van der Waals surface area contributed by atoms with Gasteiger partial charge < -0.3 is 14.6 Å². The number of nitrogens with zero attached hydrogens (tertiary/aromatic N) is 2. The Kier molecular flexibility index (Phi) is 5.38. The zero-order valence-electron chi connectivity index (χ0n) is 11.6. The molecular weight excluding hydrogens is 278 g/mol. The number of ether oxygens (including phenoxy) is 1. The van der Waals surface area contributed by atoms with Crippen molar-refractivity contribution in [2.24, 2.45) is 0 Å². The van der Waals surface area contributed by atoms with Crippen LogP contribution in [0.5, 0.6) is 5.75 Å². The van der Waals surface area contributed by atoms with Gasteiger partial charge in [0.05, 0.1) is 18.1 Å². The van der Waals surface area contributed by atoms with Crippen molar-refractivity contribution >= 4 is 11.6 Å². The summed E-state index contributed by atoms with van der Waals surface area (Å²) < 4.78 is 10.8. The standard InChI is InChI=1S/C14H18ClN3O2/c1-10(16-2)9-13-17-14(20-18-13)7-8-19-12-6-4-3-5-11(12)15/h3-6,10,16H,7-9H2,1-2H3. The molecule has 0 saturated carbocycles. The normalized spacial score (nSPS) is 12.3. The van der Waals surface area contributed by atoms with Gasteiger partial charge in [0, 0.05) is 12.5 Å². The Balaban J connectivity index is 1.81. The average Bonchev–Trinajstić information content (AvgIpc) is 2.88. The quantitative estimate of drug-likeness (QED) is 0.850. The van der Waals surface area contributed by atoms with Gasteiger partial charge in [0.25, 0.3) is 0 Å². The van der Waals surface area contributed by atoms with Crippen molar-refractivity contribution in [1.82, 2.24) is 15.5 Å². The number of likely N-dealkylation sites (N-methyl/N-ethyl adjacent to an activating group) is 1. The summed E-state index contributed by atoms with van der Waals surface area (Å²) in [5.41, 5.74) is 0. The summed E-state index contributed by atoms with van der Waals surface area (Å²) in [7, 11) is 1.91. The van der Waals surface area contributed by atoms with Crippen molar-refractivity contribution in [3.8, 4) is 5.75 Å². The monoisotopic (exact) mass is 295 g/mol. The lowest BCUT2D eigenvalue weighted by atomic mass is 10.2. The Morgan fingerprint density at radius 2 is 2.20 bits per heavy atom. The van der Waals surface area contributed by atoms with Gasteiger partial charge in [-0.05, 0) is 26.1 Å². The van der Waals surface area contributed by atoms with Gasteiger partial charge in [-0.3, -0.25) is 0 Å². The van der Waals surface area contributed by atoms with Crippen LogP contribution >= 0.6 is 11.6 Å². The first kappa shape index (κ1) is 14.8. The fourth-order valence-corrected chi connectivity index (χ4v) is 1.85. The molecular formula is C14H18ClN3O2. The molecule has 0 spiro atoms. The lowest BCUT2D eigenvalue weighted by Crippen LogP contribution is -2.24. The van der Waals surface area contributed by atoms with Gasteiger partial charge in [-0.2, -0.15) is 4.98 Å². The number of nitrogens with one attached hydrogen (secondary N) is 1. The van der Waals surface area contributed by atoms with Crippen LogP contribution in [0.1, 0.15) is 18.6 Å². The van der Waals surface area contributed by atoms with E-state index in [1.165, 1.54) is 0 Å². The van der Waals surface area contributed by atoms with E-state index < -0.39 is 0 Å². The van der Waals surface area contributed by atoms with Crippen LogP contribution in [-0.4, -0.2) is 29.8 Å². The molecule has 2 aromatic rings.